The van der Waals surface area contributed by atoms with Crippen molar-refractivity contribution in [3.05, 3.63) is 51.9 Å². The van der Waals surface area contributed by atoms with Crippen molar-refractivity contribution < 1.29 is 43.6 Å². The molecule has 11 heteroatoms. The fourth-order valence-corrected chi connectivity index (χ4v) is 5.91. The Kier molecular flexibility index (Phi) is 10.3. The van der Waals surface area contributed by atoms with Gasteiger partial charge in [0.2, 0.25) is 5.91 Å². The van der Waals surface area contributed by atoms with Gasteiger partial charge < -0.3 is 29.3 Å². The zero-order chi connectivity index (χ0) is 31.3. The summed E-state index contributed by atoms with van der Waals surface area (Å²) in [5.74, 6) is -1.99. The van der Waals surface area contributed by atoms with Crippen molar-refractivity contribution in [2.24, 2.45) is 11.8 Å². The number of thiophene rings is 1. The Morgan fingerprint density at radius 2 is 1.49 bits per heavy atom. The molecule has 10 nitrogen and oxygen atoms in total. The summed E-state index contributed by atoms with van der Waals surface area (Å²) in [5.41, 5.74) is 3.10. The molecule has 0 radical (unpaired) electrons. The summed E-state index contributed by atoms with van der Waals surface area (Å²) >= 11 is 1.30. The number of amides is 1. The average molecular weight is 612 g/mol. The third-order valence-corrected chi connectivity index (χ3v) is 8.67. The lowest BCUT2D eigenvalue weighted by Gasteiger charge is -2.16. The lowest BCUT2D eigenvalue weighted by Crippen LogP contribution is -2.28. The predicted octanol–water partition coefficient (Wildman–Crippen LogP) is 5.57. The normalized spacial score (nSPS) is 13.8. The minimum atomic E-state index is -0.999. The first-order valence-corrected chi connectivity index (χ1v) is 15.1. The van der Waals surface area contributed by atoms with Crippen molar-refractivity contribution in [2.75, 3.05) is 20.3 Å². The summed E-state index contributed by atoms with van der Waals surface area (Å²) in [6.07, 6.45) is 1.28. The second-order valence-corrected chi connectivity index (χ2v) is 11.9. The molecule has 3 aromatic rings. The summed E-state index contributed by atoms with van der Waals surface area (Å²) < 4.78 is 18.5. The molecule has 2 unspecified atom stereocenters. The van der Waals surface area contributed by atoms with Gasteiger partial charge in [0, 0.05) is 43.1 Å². The molecule has 2 N–H and O–H groups in total. The van der Waals surface area contributed by atoms with Crippen molar-refractivity contribution in [3.8, 4) is 17.2 Å². The molecule has 43 heavy (non-hydrogen) atoms. The highest BCUT2D eigenvalue weighted by Gasteiger charge is 2.27. The number of rotatable bonds is 15. The standard InChI is InChI=1S/C32H37NO9S/c1-5-20-11-22-16-33(30(35)10-19(3)32(38)39)17-23(22)13-25(20)41-7-6-8-42-27-12-21-14-29(24(34)9-18(2)31(36)37)43-28(21)15-26(27)40-4/h11-15,18-19H,5-10,16-17H2,1-4H3,(H,36,37)(H,38,39). The van der Waals surface area contributed by atoms with Crippen LogP contribution in [-0.4, -0.2) is 59.1 Å². The Hall–Kier alpha value is -4.12. The van der Waals surface area contributed by atoms with Gasteiger partial charge in [0.15, 0.2) is 17.3 Å². The van der Waals surface area contributed by atoms with E-state index < -0.39 is 23.8 Å². The van der Waals surface area contributed by atoms with E-state index in [1.807, 2.05) is 25.1 Å². The molecule has 0 aliphatic carbocycles. The van der Waals surface area contributed by atoms with Gasteiger partial charge in [-0.25, -0.2) is 0 Å². The van der Waals surface area contributed by atoms with Crippen LogP contribution < -0.4 is 14.2 Å². The maximum atomic E-state index is 12.6. The molecule has 1 amide bonds. The average Bonchev–Trinajstić information content (AvgIpc) is 3.59. The van der Waals surface area contributed by atoms with Crippen LogP contribution >= 0.6 is 11.3 Å². The molecule has 2 aromatic carbocycles. The van der Waals surface area contributed by atoms with Crippen molar-refractivity contribution in [2.45, 2.75) is 59.5 Å². The molecule has 2 atom stereocenters. The quantitative estimate of drug-likeness (QED) is 0.167. The lowest BCUT2D eigenvalue weighted by molar-refractivity contribution is -0.145. The molecule has 4 rings (SSSR count). The lowest BCUT2D eigenvalue weighted by atomic mass is 10.0. The fourth-order valence-electron chi connectivity index (χ4n) is 4.89. The number of hydrogen-bond donors (Lipinski definition) is 2. The molecule has 1 aliphatic rings. The highest BCUT2D eigenvalue weighted by Crippen LogP contribution is 2.37. The summed E-state index contributed by atoms with van der Waals surface area (Å²) in [6.45, 7) is 6.77. The molecule has 2 heterocycles. The van der Waals surface area contributed by atoms with Crippen LogP contribution in [0, 0.1) is 11.8 Å². The summed E-state index contributed by atoms with van der Waals surface area (Å²) in [6, 6.07) is 9.44. The van der Waals surface area contributed by atoms with Crippen LogP contribution in [0.15, 0.2) is 30.3 Å². The number of fused-ring (bicyclic) bond motifs is 2. The Morgan fingerprint density at radius 3 is 2.12 bits per heavy atom. The van der Waals surface area contributed by atoms with Crippen molar-refractivity contribution in [1.82, 2.24) is 4.90 Å². The van der Waals surface area contributed by atoms with Crippen molar-refractivity contribution in [1.29, 1.82) is 0 Å². The molecule has 0 saturated carbocycles. The highest BCUT2D eigenvalue weighted by atomic mass is 32.1. The monoisotopic (exact) mass is 611 g/mol. The van der Waals surface area contributed by atoms with Gasteiger partial charge in [0.1, 0.15) is 5.75 Å². The predicted molar refractivity (Wildman–Crippen MR) is 161 cm³/mol. The third kappa shape index (κ3) is 7.64. The van der Waals surface area contributed by atoms with Crippen molar-refractivity contribution in [3.63, 3.8) is 0 Å². The molecule has 0 saturated heterocycles. The van der Waals surface area contributed by atoms with Gasteiger partial charge in [-0.05, 0) is 46.7 Å². The highest BCUT2D eigenvalue weighted by molar-refractivity contribution is 7.20. The zero-order valence-electron chi connectivity index (χ0n) is 24.8. The minimum absolute atomic E-state index is 0.0250. The molecule has 0 bridgehead atoms. The summed E-state index contributed by atoms with van der Waals surface area (Å²) in [4.78, 5) is 49.7. The van der Waals surface area contributed by atoms with Crippen LogP contribution in [0.2, 0.25) is 0 Å². The van der Waals surface area contributed by atoms with E-state index in [4.69, 9.17) is 24.4 Å². The van der Waals surface area contributed by atoms with Crippen LogP contribution in [0.5, 0.6) is 17.2 Å². The Balaban J connectivity index is 1.34. The van der Waals surface area contributed by atoms with Gasteiger partial charge in [-0.15, -0.1) is 11.3 Å². The van der Waals surface area contributed by atoms with E-state index in [1.165, 1.54) is 25.2 Å². The van der Waals surface area contributed by atoms with E-state index in [2.05, 4.69) is 6.07 Å². The number of ether oxygens (including phenoxy) is 3. The maximum Gasteiger partial charge on any atom is 0.306 e. The molecule has 1 aromatic heterocycles. The molecule has 1 aliphatic heterocycles. The Bertz CT molecular complexity index is 1530. The van der Waals surface area contributed by atoms with E-state index in [9.17, 15) is 19.2 Å². The minimum Gasteiger partial charge on any atom is -0.493 e. The van der Waals surface area contributed by atoms with Crippen LogP contribution in [0.3, 0.4) is 0 Å². The number of aliphatic carboxylic acids is 2. The van der Waals surface area contributed by atoms with Gasteiger partial charge in [0.05, 0.1) is 37.0 Å². The first-order valence-electron chi connectivity index (χ1n) is 14.3. The number of carboxylic acids is 2. The number of ketones is 1. The van der Waals surface area contributed by atoms with E-state index in [-0.39, 0.29) is 24.5 Å². The Labute approximate surface area is 254 Å². The number of methoxy groups -OCH3 is 1. The van der Waals surface area contributed by atoms with Crippen LogP contribution in [-0.2, 0) is 33.9 Å². The number of carboxylic acid groups (broad SMARTS) is 2. The second kappa shape index (κ2) is 13.9. The fraction of sp³-hybridized carbons (Fsp3) is 0.438. The molecular weight excluding hydrogens is 574 g/mol. The van der Waals surface area contributed by atoms with Gasteiger partial charge >= 0.3 is 11.9 Å². The smallest absolute Gasteiger partial charge is 0.306 e. The maximum absolute atomic E-state index is 12.6. The van der Waals surface area contributed by atoms with Crippen molar-refractivity contribution >= 4 is 45.1 Å². The number of carbonyl (C=O) groups is 4. The number of benzene rings is 2. The number of aryl methyl sites for hydroxylation is 1. The zero-order valence-corrected chi connectivity index (χ0v) is 25.6. The van der Waals surface area contributed by atoms with E-state index in [0.717, 1.165) is 38.9 Å². The van der Waals surface area contributed by atoms with Gasteiger partial charge in [-0.1, -0.05) is 26.8 Å². The van der Waals surface area contributed by atoms with Gasteiger partial charge in [-0.2, -0.15) is 0 Å². The van der Waals surface area contributed by atoms with E-state index in [0.29, 0.717) is 49.1 Å². The van der Waals surface area contributed by atoms with Gasteiger partial charge in [-0.3, -0.25) is 19.2 Å². The van der Waals surface area contributed by atoms with E-state index in [1.54, 1.807) is 18.1 Å². The molecular formula is C32H37NO9S. The van der Waals surface area contributed by atoms with Crippen LogP contribution in [0.1, 0.15) is 66.4 Å². The molecule has 230 valence electrons. The van der Waals surface area contributed by atoms with Gasteiger partial charge in [0.25, 0.3) is 0 Å². The Morgan fingerprint density at radius 1 is 0.860 bits per heavy atom. The topological polar surface area (TPSA) is 140 Å². The molecule has 0 spiro atoms. The van der Waals surface area contributed by atoms with E-state index >= 15 is 0 Å². The van der Waals surface area contributed by atoms with Crippen LogP contribution in [0.4, 0.5) is 0 Å². The number of carbonyl (C=O) groups excluding carboxylic acids is 2. The summed E-state index contributed by atoms with van der Waals surface area (Å²) in [5, 5.41) is 19.1. The largest absolute Gasteiger partial charge is 0.493 e. The summed E-state index contributed by atoms with van der Waals surface area (Å²) in [7, 11) is 1.55. The first kappa shape index (κ1) is 31.8. The SMILES string of the molecule is CCc1cc2c(cc1OCCCOc1cc3cc(C(=O)CC(C)C(=O)O)sc3cc1OC)CN(C(=O)CC(C)C(=O)O)C2. The number of Topliss-reactive ketones (excluding diaryl/α,β-unsaturated/α-hetero) is 1. The van der Waals surface area contributed by atoms with Crippen LogP contribution in [0.25, 0.3) is 10.1 Å². The second-order valence-electron chi connectivity index (χ2n) is 10.8. The number of nitrogens with zero attached hydrogens (tertiary/aromatic N) is 1. The third-order valence-electron chi connectivity index (χ3n) is 7.54. The molecule has 0 fully saturated rings. The first-order chi connectivity index (χ1) is 20.5. The number of hydrogen-bond acceptors (Lipinski definition) is 8.